The minimum atomic E-state index is -0.984. The molecule has 0 spiro atoms. The minimum absolute atomic E-state index is 0.0183. The number of carbonyl (C=O) groups is 3. The van der Waals surface area contributed by atoms with Crippen molar-refractivity contribution in [3.05, 3.63) is 51.6 Å². The van der Waals surface area contributed by atoms with Crippen molar-refractivity contribution in [2.75, 3.05) is 0 Å². The van der Waals surface area contributed by atoms with Crippen LogP contribution in [0.15, 0.2) is 37.9 Å². The molecule has 0 atom stereocenters. The summed E-state index contributed by atoms with van der Waals surface area (Å²) in [5, 5.41) is 0. The lowest BCUT2D eigenvalue weighted by molar-refractivity contribution is -0.130. The van der Waals surface area contributed by atoms with Gasteiger partial charge in [-0.25, -0.2) is 19.2 Å². The molecule has 0 aliphatic carbocycles. The molecule has 1 aliphatic heterocycles. The Balaban J connectivity index is 1.77. The lowest BCUT2D eigenvalue weighted by Crippen LogP contribution is -2.14. The third-order valence-corrected chi connectivity index (χ3v) is 3.75. The van der Waals surface area contributed by atoms with Gasteiger partial charge >= 0.3 is 23.5 Å². The van der Waals surface area contributed by atoms with E-state index in [1.807, 2.05) is 0 Å². The van der Waals surface area contributed by atoms with Crippen molar-refractivity contribution in [1.82, 2.24) is 0 Å². The molecule has 3 aromatic rings. The summed E-state index contributed by atoms with van der Waals surface area (Å²) in [4.78, 5) is 47.9. The fourth-order valence-electron chi connectivity index (χ4n) is 2.65. The minimum Gasteiger partial charge on any atom is -0.447 e. The molecule has 0 fully saturated rings. The van der Waals surface area contributed by atoms with Crippen molar-refractivity contribution in [1.29, 1.82) is 0 Å². The van der Waals surface area contributed by atoms with Crippen molar-refractivity contribution in [3.63, 3.8) is 0 Å². The fourth-order valence-corrected chi connectivity index (χ4v) is 2.65. The summed E-state index contributed by atoms with van der Waals surface area (Å²) in [5.41, 5.74) is -1.18. The molecular weight excluding hydrogens is 360 g/mol. The van der Waals surface area contributed by atoms with Crippen LogP contribution in [0.2, 0.25) is 0 Å². The molecule has 0 amide bonds. The molecule has 0 saturated carbocycles. The summed E-state index contributed by atoms with van der Waals surface area (Å²) in [6.45, 7) is 6.39. The third-order valence-electron chi connectivity index (χ3n) is 3.75. The molecular formula is C18H10O9. The first kappa shape index (κ1) is 16.6. The van der Waals surface area contributed by atoms with Crippen molar-refractivity contribution >= 4 is 29.1 Å². The van der Waals surface area contributed by atoms with Crippen molar-refractivity contribution < 1.29 is 37.4 Å². The van der Waals surface area contributed by atoms with Crippen molar-refractivity contribution in [2.24, 2.45) is 0 Å². The van der Waals surface area contributed by atoms with Gasteiger partial charge < -0.3 is 23.0 Å². The van der Waals surface area contributed by atoms with E-state index in [1.54, 1.807) is 0 Å². The molecule has 27 heavy (non-hydrogen) atoms. The fraction of sp³-hybridized carbons (Fsp3) is 0.111. The Morgan fingerprint density at radius 3 is 2.48 bits per heavy atom. The van der Waals surface area contributed by atoms with Crippen LogP contribution in [0, 0.1) is 6.92 Å². The number of carbonyl (C=O) groups excluding carboxylic acids is 3. The highest BCUT2D eigenvalue weighted by Gasteiger charge is 2.44. The number of esters is 3. The molecule has 0 N–H and O–H groups in total. The Morgan fingerprint density at radius 2 is 1.81 bits per heavy atom. The van der Waals surface area contributed by atoms with Gasteiger partial charge in [-0.05, 0) is 13.8 Å². The number of rotatable bonds is 4. The van der Waals surface area contributed by atoms with Gasteiger partial charge in [0.2, 0.25) is 11.5 Å². The summed E-state index contributed by atoms with van der Waals surface area (Å²) in [6, 6.07) is 2.30. The van der Waals surface area contributed by atoms with E-state index < -0.39 is 23.5 Å². The van der Waals surface area contributed by atoms with Gasteiger partial charge in [0.05, 0.1) is 6.07 Å². The molecule has 9 nitrogen and oxygen atoms in total. The van der Waals surface area contributed by atoms with Gasteiger partial charge in [0.1, 0.15) is 22.6 Å². The van der Waals surface area contributed by atoms with Crippen LogP contribution in [0.3, 0.4) is 0 Å². The number of aryl methyl sites for hydroxylation is 1. The van der Waals surface area contributed by atoms with Crippen LogP contribution < -0.4 is 19.8 Å². The van der Waals surface area contributed by atoms with E-state index in [2.05, 4.69) is 6.58 Å². The van der Waals surface area contributed by atoms with Crippen LogP contribution in [0.5, 0.6) is 17.2 Å². The average Bonchev–Trinajstić information content (AvgIpc) is 3.17. The number of hydrogen-bond donors (Lipinski definition) is 0. The molecule has 136 valence electrons. The molecule has 2 bridgehead atoms. The highest BCUT2D eigenvalue weighted by Crippen LogP contribution is 2.52. The number of fused-ring (bicyclic) bond motifs is 1. The van der Waals surface area contributed by atoms with Gasteiger partial charge in [-0.1, -0.05) is 6.58 Å². The Morgan fingerprint density at radius 1 is 1.07 bits per heavy atom. The molecule has 0 saturated heterocycles. The standard InChI is InChI=1S/C18H10O9/c1-6(2)16(20)26-14-12-10(11-13(25-12)15(14)27-18(11)22)17(21)24-8-4-7(3)23-9(19)5-8/h4-5H,1H2,2-3H3. The topological polar surface area (TPSA) is 122 Å². The van der Waals surface area contributed by atoms with Gasteiger partial charge in [-0.2, -0.15) is 0 Å². The molecule has 4 rings (SSSR count). The summed E-state index contributed by atoms with van der Waals surface area (Å²) < 4.78 is 25.5. The average molecular weight is 370 g/mol. The normalized spacial score (nSPS) is 12.3. The molecule has 1 aliphatic rings. The van der Waals surface area contributed by atoms with Crippen molar-refractivity contribution in [2.45, 2.75) is 13.8 Å². The van der Waals surface area contributed by atoms with Gasteiger partial charge in [-0.3, -0.25) is 0 Å². The molecule has 9 heteroatoms. The number of ether oxygens (including phenoxy) is 3. The maximum atomic E-state index is 12.6. The maximum Gasteiger partial charge on any atom is 0.348 e. The van der Waals surface area contributed by atoms with E-state index >= 15 is 0 Å². The van der Waals surface area contributed by atoms with E-state index in [0.717, 1.165) is 6.07 Å². The Kier molecular flexibility index (Phi) is 3.42. The second-order valence-electron chi connectivity index (χ2n) is 5.84. The Bertz CT molecular complexity index is 1210. The number of furan rings is 2. The van der Waals surface area contributed by atoms with Gasteiger partial charge in [0.15, 0.2) is 11.2 Å². The summed E-state index contributed by atoms with van der Waals surface area (Å²) in [5.74, 6) is -2.74. The largest absolute Gasteiger partial charge is 0.447 e. The van der Waals surface area contributed by atoms with Crippen LogP contribution >= 0.6 is 0 Å². The lowest BCUT2D eigenvalue weighted by atomic mass is 10.1. The van der Waals surface area contributed by atoms with E-state index in [1.165, 1.54) is 19.9 Å². The predicted molar refractivity (Wildman–Crippen MR) is 87.5 cm³/mol. The van der Waals surface area contributed by atoms with Gasteiger partial charge in [-0.15, -0.1) is 0 Å². The van der Waals surface area contributed by atoms with Crippen LogP contribution in [0.25, 0.3) is 11.2 Å². The van der Waals surface area contributed by atoms with Crippen LogP contribution in [0.1, 0.15) is 33.4 Å². The Labute approximate surface area is 150 Å². The number of hydrogen-bond acceptors (Lipinski definition) is 9. The quantitative estimate of drug-likeness (QED) is 0.387. The Hall–Kier alpha value is -3.88. The third kappa shape index (κ3) is 2.48. The van der Waals surface area contributed by atoms with Crippen LogP contribution in [-0.2, 0) is 4.79 Å². The van der Waals surface area contributed by atoms with Crippen LogP contribution in [0.4, 0.5) is 0 Å². The highest BCUT2D eigenvalue weighted by atomic mass is 16.6. The summed E-state index contributed by atoms with van der Waals surface area (Å²) >= 11 is 0. The first-order valence-corrected chi connectivity index (χ1v) is 7.62. The van der Waals surface area contributed by atoms with E-state index in [9.17, 15) is 19.2 Å². The zero-order valence-electron chi connectivity index (χ0n) is 14.0. The zero-order chi connectivity index (χ0) is 19.5. The second-order valence-corrected chi connectivity index (χ2v) is 5.84. The van der Waals surface area contributed by atoms with E-state index in [4.69, 9.17) is 23.0 Å². The predicted octanol–water partition coefficient (Wildman–Crippen LogP) is 2.37. The molecule has 0 aromatic carbocycles. The zero-order valence-corrected chi connectivity index (χ0v) is 14.0. The second kappa shape index (κ2) is 5.56. The SMILES string of the molecule is C=C(C)C(=O)Oc1c2c3oc1c(C(=O)Oc1cc(C)oc(=O)c1)c3C(=O)O2. The molecule has 0 radical (unpaired) electrons. The van der Waals surface area contributed by atoms with Crippen molar-refractivity contribution in [3.8, 4) is 17.2 Å². The van der Waals surface area contributed by atoms with Gasteiger partial charge in [0.25, 0.3) is 0 Å². The smallest absolute Gasteiger partial charge is 0.348 e. The molecule has 0 unspecified atom stereocenters. The summed E-state index contributed by atoms with van der Waals surface area (Å²) in [7, 11) is 0. The lowest BCUT2D eigenvalue weighted by Gasteiger charge is -2.05. The maximum absolute atomic E-state index is 12.6. The van der Waals surface area contributed by atoms with Crippen LogP contribution in [-0.4, -0.2) is 17.9 Å². The van der Waals surface area contributed by atoms with E-state index in [-0.39, 0.29) is 50.9 Å². The summed E-state index contributed by atoms with van der Waals surface area (Å²) in [6.07, 6.45) is 0. The molecule has 3 aromatic heterocycles. The van der Waals surface area contributed by atoms with Gasteiger partial charge in [0, 0.05) is 11.6 Å². The first-order valence-electron chi connectivity index (χ1n) is 7.62. The number of benzene rings is 1. The molecule has 4 heterocycles. The monoisotopic (exact) mass is 370 g/mol. The highest BCUT2D eigenvalue weighted by molar-refractivity contribution is 6.21. The first-order chi connectivity index (χ1) is 12.8. The van der Waals surface area contributed by atoms with E-state index in [0.29, 0.717) is 0 Å².